The number of nitrogens with one attached hydrogen (secondary N) is 2. The molecule has 0 saturated carbocycles. The summed E-state index contributed by atoms with van der Waals surface area (Å²) in [6, 6.07) is 8.46. The molecule has 0 bridgehead atoms. The Bertz CT molecular complexity index is 1100. The van der Waals surface area contributed by atoms with Gasteiger partial charge in [-0.05, 0) is 64.4 Å². The van der Waals surface area contributed by atoms with Crippen molar-refractivity contribution in [3.05, 3.63) is 35.9 Å². The van der Waals surface area contributed by atoms with Gasteiger partial charge in [-0.1, -0.05) is 30.3 Å². The second kappa shape index (κ2) is 16.1. The first kappa shape index (κ1) is 33.7. The predicted octanol–water partition coefficient (Wildman–Crippen LogP) is 3.24. The number of carbonyl (C=O) groups is 5. The van der Waals surface area contributed by atoms with Crippen LogP contribution >= 0.6 is 0 Å². The Labute approximate surface area is 253 Å². The zero-order valence-electron chi connectivity index (χ0n) is 25.8. The Morgan fingerprint density at radius 3 is 2.33 bits per heavy atom. The second-order valence-corrected chi connectivity index (χ2v) is 12.2. The SMILES string of the molecule is COC(=O)C(CNC(=O)[C@@H]1CCCN(C(=O)CCC2CCN(C(=O)OCc3ccccc3)CC2)C1)NC(=O)OC(C)(C)C. The summed E-state index contributed by atoms with van der Waals surface area (Å²) in [5.41, 5.74) is 0.197. The molecule has 2 saturated heterocycles. The Kier molecular flexibility index (Phi) is 12.6. The predicted molar refractivity (Wildman–Crippen MR) is 158 cm³/mol. The van der Waals surface area contributed by atoms with Crippen molar-refractivity contribution in [1.29, 1.82) is 0 Å². The highest BCUT2D eigenvalue weighted by Crippen LogP contribution is 2.24. The summed E-state index contributed by atoms with van der Waals surface area (Å²) in [7, 11) is 1.20. The van der Waals surface area contributed by atoms with Crippen LogP contribution in [0.1, 0.15) is 64.9 Å². The monoisotopic (exact) mass is 602 g/mol. The molecule has 2 heterocycles. The molecule has 2 atom stereocenters. The first-order valence-corrected chi connectivity index (χ1v) is 15.0. The van der Waals surface area contributed by atoms with Gasteiger partial charge in [-0.3, -0.25) is 9.59 Å². The van der Waals surface area contributed by atoms with Crippen molar-refractivity contribution < 1.29 is 38.2 Å². The third-order valence-corrected chi connectivity index (χ3v) is 7.65. The summed E-state index contributed by atoms with van der Waals surface area (Å²) in [6.07, 6.45) is 2.97. The lowest BCUT2D eigenvalue weighted by Crippen LogP contribution is -2.52. The van der Waals surface area contributed by atoms with Gasteiger partial charge in [0.1, 0.15) is 18.2 Å². The summed E-state index contributed by atoms with van der Waals surface area (Å²) < 4.78 is 15.4. The van der Waals surface area contributed by atoms with Crippen LogP contribution in [-0.2, 0) is 35.2 Å². The van der Waals surface area contributed by atoms with Gasteiger partial charge in [0.05, 0.1) is 13.0 Å². The number of hydrogen-bond acceptors (Lipinski definition) is 8. The van der Waals surface area contributed by atoms with Gasteiger partial charge in [0.2, 0.25) is 11.8 Å². The van der Waals surface area contributed by atoms with E-state index in [4.69, 9.17) is 14.2 Å². The Morgan fingerprint density at radius 1 is 0.977 bits per heavy atom. The zero-order chi connectivity index (χ0) is 31.4. The van der Waals surface area contributed by atoms with Crippen molar-refractivity contribution in [1.82, 2.24) is 20.4 Å². The van der Waals surface area contributed by atoms with Crippen molar-refractivity contribution in [3.63, 3.8) is 0 Å². The summed E-state index contributed by atoms with van der Waals surface area (Å²) >= 11 is 0. The van der Waals surface area contributed by atoms with E-state index in [-0.39, 0.29) is 31.1 Å². The molecule has 1 aromatic rings. The zero-order valence-corrected chi connectivity index (χ0v) is 25.8. The van der Waals surface area contributed by atoms with E-state index in [1.807, 2.05) is 30.3 Å². The standard InChI is InChI=1S/C31H46N4O8/c1-31(2,3)43-29(39)33-25(28(38)41-4)19-32-27(37)24-11-8-16-35(20-24)26(36)13-12-22-14-17-34(18-15-22)30(40)42-21-23-9-6-5-7-10-23/h5-7,9-10,22,24-25H,8,11-21H2,1-4H3,(H,32,37)(H,33,39)/t24-,25?/m1/s1. The molecule has 2 N–H and O–H groups in total. The fourth-order valence-electron chi connectivity index (χ4n) is 5.25. The topological polar surface area (TPSA) is 144 Å². The molecular weight excluding hydrogens is 556 g/mol. The highest BCUT2D eigenvalue weighted by molar-refractivity contribution is 5.84. The van der Waals surface area contributed by atoms with E-state index in [1.165, 1.54) is 7.11 Å². The lowest BCUT2D eigenvalue weighted by molar-refractivity contribution is -0.143. The summed E-state index contributed by atoms with van der Waals surface area (Å²) in [4.78, 5) is 66.1. The molecule has 0 aliphatic carbocycles. The van der Waals surface area contributed by atoms with E-state index in [1.54, 1.807) is 30.6 Å². The Balaban J connectivity index is 1.38. The molecule has 4 amide bonds. The fraction of sp³-hybridized carbons (Fsp3) is 0.645. The van der Waals surface area contributed by atoms with Crippen LogP contribution in [0.5, 0.6) is 0 Å². The van der Waals surface area contributed by atoms with Crippen molar-refractivity contribution in [2.75, 3.05) is 39.8 Å². The third kappa shape index (κ3) is 11.4. The molecule has 2 fully saturated rings. The van der Waals surface area contributed by atoms with Crippen LogP contribution in [0.25, 0.3) is 0 Å². The van der Waals surface area contributed by atoms with E-state index in [0.717, 1.165) is 24.8 Å². The molecule has 43 heavy (non-hydrogen) atoms. The van der Waals surface area contributed by atoms with Crippen LogP contribution in [0.2, 0.25) is 0 Å². The minimum absolute atomic E-state index is 0.0150. The molecule has 0 radical (unpaired) electrons. The number of esters is 1. The Morgan fingerprint density at radius 2 is 1.67 bits per heavy atom. The number of carbonyl (C=O) groups excluding carboxylic acids is 5. The maximum absolute atomic E-state index is 13.0. The molecule has 0 spiro atoms. The number of ether oxygens (including phenoxy) is 3. The molecular formula is C31H46N4O8. The number of piperidine rings is 2. The second-order valence-electron chi connectivity index (χ2n) is 12.2. The van der Waals surface area contributed by atoms with Gasteiger partial charge in [-0.15, -0.1) is 0 Å². The highest BCUT2D eigenvalue weighted by atomic mass is 16.6. The fourth-order valence-corrected chi connectivity index (χ4v) is 5.25. The van der Waals surface area contributed by atoms with Gasteiger partial charge in [-0.25, -0.2) is 14.4 Å². The number of hydrogen-bond donors (Lipinski definition) is 2. The molecule has 3 rings (SSSR count). The molecule has 0 aromatic heterocycles. The van der Waals surface area contributed by atoms with Crippen LogP contribution in [0.15, 0.2) is 30.3 Å². The quantitative estimate of drug-likeness (QED) is 0.307. The average molecular weight is 603 g/mol. The number of methoxy groups -OCH3 is 1. The molecule has 12 nitrogen and oxygen atoms in total. The van der Waals surface area contributed by atoms with Crippen LogP contribution in [0, 0.1) is 11.8 Å². The highest BCUT2D eigenvalue weighted by Gasteiger charge is 2.31. The van der Waals surface area contributed by atoms with Gasteiger partial charge >= 0.3 is 18.2 Å². The first-order chi connectivity index (χ1) is 20.4. The minimum atomic E-state index is -1.11. The molecule has 1 aromatic carbocycles. The smallest absolute Gasteiger partial charge is 0.410 e. The number of rotatable bonds is 10. The maximum Gasteiger partial charge on any atom is 0.410 e. The van der Waals surface area contributed by atoms with Crippen molar-refractivity contribution >= 4 is 30.0 Å². The van der Waals surface area contributed by atoms with Crippen LogP contribution in [0.4, 0.5) is 9.59 Å². The van der Waals surface area contributed by atoms with Gasteiger partial charge < -0.3 is 34.6 Å². The van der Waals surface area contributed by atoms with Gasteiger partial charge in [0.25, 0.3) is 0 Å². The van der Waals surface area contributed by atoms with E-state index >= 15 is 0 Å². The summed E-state index contributed by atoms with van der Waals surface area (Å²) in [6.45, 7) is 7.30. The summed E-state index contributed by atoms with van der Waals surface area (Å²) in [5, 5.41) is 5.16. The molecule has 2 aliphatic heterocycles. The third-order valence-electron chi connectivity index (χ3n) is 7.65. The van der Waals surface area contributed by atoms with Crippen LogP contribution in [0.3, 0.4) is 0 Å². The Hall–Kier alpha value is -3.83. The van der Waals surface area contributed by atoms with Gasteiger partial charge in [0.15, 0.2) is 0 Å². The number of alkyl carbamates (subject to hydrolysis) is 1. The largest absolute Gasteiger partial charge is 0.467 e. The van der Waals surface area contributed by atoms with Crippen molar-refractivity contribution in [2.45, 2.75) is 77.5 Å². The number of likely N-dealkylation sites (tertiary alicyclic amines) is 2. The summed E-state index contributed by atoms with van der Waals surface area (Å²) in [5.74, 6) is -1.05. The molecule has 12 heteroatoms. The number of benzene rings is 1. The van der Waals surface area contributed by atoms with E-state index < -0.39 is 29.6 Å². The minimum Gasteiger partial charge on any atom is -0.467 e. The molecule has 1 unspecified atom stereocenters. The van der Waals surface area contributed by atoms with Crippen LogP contribution in [-0.4, -0.2) is 91.2 Å². The molecule has 2 aliphatic rings. The van der Waals surface area contributed by atoms with Gasteiger partial charge in [0, 0.05) is 39.1 Å². The molecule has 238 valence electrons. The van der Waals surface area contributed by atoms with E-state index in [0.29, 0.717) is 51.4 Å². The number of nitrogens with zero attached hydrogens (tertiary/aromatic N) is 2. The lowest BCUT2D eigenvalue weighted by atomic mass is 9.91. The average Bonchev–Trinajstić information content (AvgIpc) is 3.00. The van der Waals surface area contributed by atoms with E-state index in [2.05, 4.69) is 10.6 Å². The first-order valence-electron chi connectivity index (χ1n) is 15.0. The normalized spacial score (nSPS) is 18.3. The van der Waals surface area contributed by atoms with Crippen molar-refractivity contribution in [3.8, 4) is 0 Å². The lowest BCUT2D eigenvalue weighted by Gasteiger charge is -2.34. The van der Waals surface area contributed by atoms with Gasteiger partial charge in [-0.2, -0.15) is 0 Å². The van der Waals surface area contributed by atoms with E-state index in [9.17, 15) is 24.0 Å². The number of amides is 4. The maximum atomic E-state index is 13.0. The van der Waals surface area contributed by atoms with Crippen molar-refractivity contribution in [2.24, 2.45) is 11.8 Å². The van der Waals surface area contributed by atoms with Crippen LogP contribution < -0.4 is 10.6 Å².